The Morgan fingerprint density at radius 2 is 1.88 bits per heavy atom. The highest BCUT2D eigenvalue weighted by Gasteiger charge is 2.22. The van der Waals surface area contributed by atoms with Crippen LogP contribution < -0.4 is 10.1 Å². The highest BCUT2D eigenvalue weighted by Crippen LogP contribution is 2.25. The van der Waals surface area contributed by atoms with E-state index in [0.717, 1.165) is 56.0 Å². The molecule has 0 bridgehead atoms. The quantitative estimate of drug-likeness (QED) is 0.847. The second-order valence-electron chi connectivity index (χ2n) is 7.96. The van der Waals surface area contributed by atoms with Gasteiger partial charge in [0.1, 0.15) is 11.9 Å². The molecule has 2 aliphatic heterocycles. The molecule has 0 unspecified atom stereocenters. The molecule has 0 spiro atoms. The number of nitrogens with one attached hydrogen (secondary N) is 1. The third-order valence-corrected chi connectivity index (χ3v) is 5.55. The predicted octanol–water partition coefficient (Wildman–Crippen LogP) is 3.28. The van der Waals surface area contributed by atoms with Crippen LogP contribution in [0.4, 0.5) is 5.69 Å². The van der Waals surface area contributed by atoms with Crippen LogP contribution in [0.25, 0.3) is 0 Å². The van der Waals surface area contributed by atoms with Crippen LogP contribution >= 0.6 is 0 Å². The van der Waals surface area contributed by atoms with Gasteiger partial charge in [-0.05, 0) is 83.3 Å². The molecule has 0 aliphatic carbocycles. The van der Waals surface area contributed by atoms with Crippen molar-refractivity contribution in [1.82, 2.24) is 9.80 Å². The number of hydrogen-bond donors (Lipinski definition) is 1. The molecule has 144 valence electrons. The van der Waals surface area contributed by atoms with E-state index in [9.17, 15) is 4.79 Å². The number of hydrogen-bond acceptors (Lipinski definition) is 4. The van der Waals surface area contributed by atoms with Crippen LogP contribution in [0.5, 0.6) is 5.75 Å². The van der Waals surface area contributed by atoms with Crippen molar-refractivity contribution in [3.05, 3.63) is 23.8 Å². The number of ether oxygens (including phenoxy) is 1. The number of anilines is 1. The molecule has 5 nitrogen and oxygen atoms in total. The van der Waals surface area contributed by atoms with Crippen LogP contribution in [0, 0.1) is 6.92 Å². The van der Waals surface area contributed by atoms with Crippen molar-refractivity contribution in [3.63, 3.8) is 0 Å². The lowest BCUT2D eigenvalue weighted by Crippen LogP contribution is -2.41. The standard InChI is InChI=1S/C21H33N3O2/c1-16(2)24-12-8-18(9-13-24)26-19-6-7-20(17(3)14-19)22-21(25)15-23-10-4-5-11-23/h6-7,14,16,18H,4-5,8-13,15H2,1-3H3,(H,22,25). The van der Waals surface area contributed by atoms with Crippen LogP contribution in [0.1, 0.15) is 45.1 Å². The Morgan fingerprint density at radius 3 is 2.50 bits per heavy atom. The van der Waals surface area contributed by atoms with Crippen molar-refractivity contribution in [1.29, 1.82) is 0 Å². The first-order valence-corrected chi connectivity index (χ1v) is 10.0. The largest absolute Gasteiger partial charge is 0.490 e. The lowest BCUT2D eigenvalue weighted by Gasteiger charge is -2.34. The van der Waals surface area contributed by atoms with E-state index in [-0.39, 0.29) is 5.91 Å². The van der Waals surface area contributed by atoms with E-state index >= 15 is 0 Å². The van der Waals surface area contributed by atoms with Crippen molar-refractivity contribution in [2.45, 2.75) is 58.6 Å². The number of rotatable bonds is 6. The van der Waals surface area contributed by atoms with Gasteiger partial charge in [0.25, 0.3) is 0 Å². The summed E-state index contributed by atoms with van der Waals surface area (Å²) in [6, 6.07) is 6.60. The minimum absolute atomic E-state index is 0.0738. The van der Waals surface area contributed by atoms with Gasteiger partial charge in [0.05, 0.1) is 6.54 Å². The van der Waals surface area contributed by atoms with E-state index in [1.165, 1.54) is 12.8 Å². The number of piperidine rings is 1. The summed E-state index contributed by atoms with van der Waals surface area (Å²) in [5, 5.41) is 3.04. The smallest absolute Gasteiger partial charge is 0.238 e. The van der Waals surface area contributed by atoms with Crippen LogP contribution in [0.2, 0.25) is 0 Å². The number of amides is 1. The number of nitrogens with zero attached hydrogens (tertiary/aromatic N) is 2. The average Bonchev–Trinajstić information content (AvgIpc) is 3.10. The maximum Gasteiger partial charge on any atom is 0.238 e. The Balaban J connectivity index is 1.50. The number of carbonyl (C=O) groups is 1. The summed E-state index contributed by atoms with van der Waals surface area (Å²) >= 11 is 0. The van der Waals surface area contributed by atoms with E-state index in [1.807, 2.05) is 25.1 Å². The second-order valence-corrected chi connectivity index (χ2v) is 7.96. The van der Waals surface area contributed by atoms with Gasteiger partial charge in [-0.15, -0.1) is 0 Å². The number of benzene rings is 1. The number of carbonyl (C=O) groups excluding carboxylic acids is 1. The fraction of sp³-hybridized carbons (Fsp3) is 0.667. The van der Waals surface area contributed by atoms with Gasteiger partial charge in [0.15, 0.2) is 0 Å². The summed E-state index contributed by atoms with van der Waals surface area (Å²) in [4.78, 5) is 16.9. The Labute approximate surface area is 157 Å². The SMILES string of the molecule is Cc1cc(OC2CCN(C(C)C)CC2)ccc1NC(=O)CN1CCCC1. The maximum absolute atomic E-state index is 12.2. The van der Waals surface area contributed by atoms with Gasteiger partial charge < -0.3 is 15.0 Å². The van der Waals surface area contributed by atoms with Crippen LogP contribution in [0.15, 0.2) is 18.2 Å². The first kappa shape index (κ1) is 19.2. The molecule has 2 saturated heterocycles. The molecule has 1 aromatic rings. The topological polar surface area (TPSA) is 44.8 Å². The molecule has 2 fully saturated rings. The molecule has 1 aromatic carbocycles. The van der Waals surface area contributed by atoms with Gasteiger partial charge in [-0.1, -0.05) is 0 Å². The van der Waals surface area contributed by atoms with Gasteiger partial charge in [0.2, 0.25) is 5.91 Å². The summed E-state index contributed by atoms with van der Waals surface area (Å²) in [7, 11) is 0. The zero-order chi connectivity index (χ0) is 18.5. The molecule has 5 heteroatoms. The fourth-order valence-corrected chi connectivity index (χ4v) is 3.89. The summed E-state index contributed by atoms with van der Waals surface area (Å²) in [5.41, 5.74) is 1.94. The van der Waals surface area contributed by atoms with Gasteiger partial charge in [-0.25, -0.2) is 0 Å². The zero-order valence-electron chi connectivity index (χ0n) is 16.5. The Hall–Kier alpha value is -1.59. The number of likely N-dealkylation sites (tertiary alicyclic amines) is 2. The van der Waals surface area contributed by atoms with Gasteiger partial charge >= 0.3 is 0 Å². The molecule has 0 aromatic heterocycles. The molecule has 3 rings (SSSR count). The zero-order valence-corrected chi connectivity index (χ0v) is 16.5. The van der Waals surface area contributed by atoms with Crippen molar-refractivity contribution >= 4 is 11.6 Å². The Morgan fingerprint density at radius 1 is 1.19 bits per heavy atom. The Kier molecular flexibility index (Phi) is 6.54. The molecular formula is C21H33N3O2. The lowest BCUT2D eigenvalue weighted by molar-refractivity contribution is -0.117. The summed E-state index contributed by atoms with van der Waals surface area (Å²) in [6.45, 7) is 11.3. The van der Waals surface area contributed by atoms with Crippen LogP contribution in [0.3, 0.4) is 0 Å². The summed E-state index contributed by atoms with van der Waals surface area (Å²) in [6.07, 6.45) is 4.85. The van der Waals surface area contributed by atoms with Crippen molar-refractivity contribution in [3.8, 4) is 5.75 Å². The van der Waals surface area contributed by atoms with E-state index in [2.05, 4.69) is 29.0 Å². The van der Waals surface area contributed by atoms with Gasteiger partial charge in [-0.2, -0.15) is 0 Å². The van der Waals surface area contributed by atoms with E-state index in [1.54, 1.807) is 0 Å². The lowest BCUT2D eigenvalue weighted by atomic mass is 10.1. The molecule has 1 N–H and O–H groups in total. The summed E-state index contributed by atoms with van der Waals surface area (Å²) < 4.78 is 6.18. The normalized spacial score (nSPS) is 19.8. The molecule has 2 heterocycles. The molecule has 2 aliphatic rings. The van der Waals surface area contributed by atoms with Crippen LogP contribution in [-0.2, 0) is 4.79 Å². The third kappa shape index (κ3) is 5.21. The first-order valence-electron chi connectivity index (χ1n) is 10.0. The monoisotopic (exact) mass is 359 g/mol. The van der Waals surface area contributed by atoms with Crippen molar-refractivity contribution in [2.75, 3.05) is 38.0 Å². The molecule has 1 amide bonds. The van der Waals surface area contributed by atoms with E-state index in [0.29, 0.717) is 18.7 Å². The molecule has 0 radical (unpaired) electrons. The average molecular weight is 360 g/mol. The highest BCUT2D eigenvalue weighted by molar-refractivity contribution is 5.93. The van der Waals surface area contributed by atoms with Crippen molar-refractivity contribution in [2.24, 2.45) is 0 Å². The van der Waals surface area contributed by atoms with Crippen molar-refractivity contribution < 1.29 is 9.53 Å². The van der Waals surface area contributed by atoms with E-state index in [4.69, 9.17) is 4.74 Å². The minimum Gasteiger partial charge on any atom is -0.490 e. The van der Waals surface area contributed by atoms with E-state index < -0.39 is 0 Å². The Bertz CT molecular complexity index is 603. The van der Waals surface area contributed by atoms with Gasteiger partial charge in [0, 0.05) is 24.8 Å². The molecule has 26 heavy (non-hydrogen) atoms. The van der Waals surface area contributed by atoms with Crippen LogP contribution in [-0.4, -0.2) is 60.6 Å². The fourth-order valence-electron chi connectivity index (χ4n) is 3.89. The first-order chi connectivity index (χ1) is 12.5. The molecule has 0 atom stereocenters. The molecule has 0 saturated carbocycles. The predicted molar refractivity (Wildman–Crippen MR) is 106 cm³/mol. The summed E-state index contributed by atoms with van der Waals surface area (Å²) in [5.74, 6) is 0.979. The van der Waals surface area contributed by atoms with Gasteiger partial charge in [-0.3, -0.25) is 9.69 Å². The second kappa shape index (κ2) is 8.87. The molecular weight excluding hydrogens is 326 g/mol. The highest BCUT2D eigenvalue weighted by atomic mass is 16.5. The maximum atomic E-state index is 12.2. The minimum atomic E-state index is 0.0738. The third-order valence-electron chi connectivity index (χ3n) is 5.55. The number of aryl methyl sites for hydroxylation is 1.